The van der Waals surface area contributed by atoms with E-state index in [0.29, 0.717) is 22.8 Å². The minimum absolute atomic E-state index is 0. The number of rotatable bonds is 3. The van der Waals surface area contributed by atoms with Crippen LogP contribution in [0.25, 0.3) is 11.4 Å². The van der Waals surface area contributed by atoms with Crippen LogP contribution in [0.5, 0.6) is 5.75 Å². The highest BCUT2D eigenvalue weighted by molar-refractivity contribution is 5.85. The molecule has 6 nitrogen and oxygen atoms in total. The Balaban J connectivity index is 0.00000192. The van der Waals surface area contributed by atoms with Crippen molar-refractivity contribution in [3.63, 3.8) is 0 Å². The van der Waals surface area contributed by atoms with E-state index in [4.69, 9.17) is 10.8 Å². The molecular formula is C16H21ClN4O2. The molecule has 0 spiro atoms. The SMILES string of the molecule is Cl.Nc1cc(C2CCCNC2)c(O)c(-c2ccc(CO)cn2)n1. The first kappa shape index (κ1) is 17.5. The van der Waals surface area contributed by atoms with E-state index in [1.807, 2.05) is 0 Å². The van der Waals surface area contributed by atoms with Gasteiger partial charge in [-0.1, -0.05) is 6.07 Å². The fourth-order valence-electron chi connectivity index (χ4n) is 2.84. The summed E-state index contributed by atoms with van der Waals surface area (Å²) < 4.78 is 0. The Kier molecular flexibility index (Phi) is 5.76. The van der Waals surface area contributed by atoms with Gasteiger partial charge in [-0.3, -0.25) is 4.98 Å². The lowest BCUT2D eigenvalue weighted by Gasteiger charge is -2.24. The number of hydrogen-bond acceptors (Lipinski definition) is 6. The van der Waals surface area contributed by atoms with Crippen molar-refractivity contribution in [2.75, 3.05) is 18.8 Å². The first-order valence-corrected chi connectivity index (χ1v) is 7.45. The molecule has 0 amide bonds. The molecule has 1 fully saturated rings. The maximum atomic E-state index is 10.6. The van der Waals surface area contributed by atoms with Gasteiger partial charge in [0, 0.05) is 24.2 Å². The van der Waals surface area contributed by atoms with Crippen molar-refractivity contribution in [3.8, 4) is 17.1 Å². The second-order valence-corrected chi connectivity index (χ2v) is 5.59. The Bertz CT molecular complexity index is 658. The fourth-order valence-corrected chi connectivity index (χ4v) is 2.84. The number of nitrogens with two attached hydrogens (primary N) is 1. The Hall–Kier alpha value is -1.89. The van der Waals surface area contributed by atoms with Crippen LogP contribution in [0.1, 0.15) is 29.9 Å². The highest BCUT2D eigenvalue weighted by Gasteiger charge is 2.22. The van der Waals surface area contributed by atoms with Gasteiger partial charge in [0.05, 0.1) is 12.3 Å². The van der Waals surface area contributed by atoms with Gasteiger partial charge < -0.3 is 21.3 Å². The van der Waals surface area contributed by atoms with E-state index in [0.717, 1.165) is 31.5 Å². The molecule has 1 atom stereocenters. The molecule has 3 rings (SSSR count). The lowest BCUT2D eigenvalue weighted by Crippen LogP contribution is -2.28. The summed E-state index contributed by atoms with van der Waals surface area (Å²) in [4.78, 5) is 8.49. The molecule has 1 saturated heterocycles. The number of nitrogens with one attached hydrogen (secondary N) is 1. The second-order valence-electron chi connectivity index (χ2n) is 5.59. The Morgan fingerprint density at radius 2 is 2.17 bits per heavy atom. The van der Waals surface area contributed by atoms with Crippen LogP contribution >= 0.6 is 12.4 Å². The maximum Gasteiger partial charge on any atom is 0.147 e. The van der Waals surface area contributed by atoms with Gasteiger partial charge in [0.15, 0.2) is 0 Å². The summed E-state index contributed by atoms with van der Waals surface area (Å²) in [5.41, 5.74) is 8.39. The molecule has 5 N–H and O–H groups in total. The van der Waals surface area contributed by atoms with E-state index >= 15 is 0 Å². The molecular weight excluding hydrogens is 316 g/mol. The van der Waals surface area contributed by atoms with E-state index in [2.05, 4.69) is 15.3 Å². The van der Waals surface area contributed by atoms with Crippen molar-refractivity contribution in [2.45, 2.75) is 25.4 Å². The molecule has 0 aliphatic carbocycles. The first-order valence-electron chi connectivity index (χ1n) is 7.45. The molecule has 2 aromatic heterocycles. The summed E-state index contributed by atoms with van der Waals surface area (Å²) in [6.07, 6.45) is 3.66. The highest BCUT2D eigenvalue weighted by Crippen LogP contribution is 2.37. The number of nitrogen functional groups attached to an aromatic ring is 1. The van der Waals surface area contributed by atoms with Gasteiger partial charge in [0.25, 0.3) is 0 Å². The molecule has 1 aliphatic rings. The van der Waals surface area contributed by atoms with Crippen molar-refractivity contribution in [1.29, 1.82) is 0 Å². The van der Waals surface area contributed by atoms with Gasteiger partial charge >= 0.3 is 0 Å². The first-order chi connectivity index (χ1) is 10.7. The number of aromatic hydroxyl groups is 1. The summed E-state index contributed by atoms with van der Waals surface area (Å²) in [7, 11) is 0. The standard InChI is InChI=1S/C16H20N4O2.ClH/c17-14-6-12(11-2-1-5-18-8-11)16(22)15(20-14)13-4-3-10(9-21)7-19-13;/h3-4,6-7,11,18,21-22H,1-2,5,8-9H2,(H2,17,20);1H. The molecule has 1 aliphatic heterocycles. The molecule has 0 aromatic carbocycles. The number of aliphatic hydroxyl groups excluding tert-OH is 1. The third kappa shape index (κ3) is 3.72. The normalized spacial score (nSPS) is 17.5. The minimum atomic E-state index is -0.0669. The number of hydrogen-bond donors (Lipinski definition) is 4. The van der Waals surface area contributed by atoms with Crippen molar-refractivity contribution in [3.05, 3.63) is 35.5 Å². The van der Waals surface area contributed by atoms with Crippen LogP contribution in [0.4, 0.5) is 5.82 Å². The summed E-state index contributed by atoms with van der Waals surface area (Å²) in [5.74, 6) is 0.753. The molecule has 124 valence electrons. The maximum absolute atomic E-state index is 10.6. The van der Waals surface area contributed by atoms with E-state index < -0.39 is 0 Å². The van der Waals surface area contributed by atoms with E-state index in [1.165, 1.54) is 0 Å². The zero-order valence-corrected chi connectivity index (χ0v) is 13.5. The number of halogens is 1. The molecule has 23 heavy (non-hydrogen) atoms. The number of anilines is 1. The van der Waals surface area contributed by atoms with E-state index in [9.17, 15) is 5.11 Å². The lowest BCUT2D eigenvalue weighted by molar-refractivity contribution is 0.281. The smallest absolute Gasteiger partial charge is 0.147 e. The largest absolute Gasteiger partial charge is 0.505 e. The zero-order chi connectivity index (χ0) is 15.5. The average Bonchev–Trinajstić information content (AvgIpc) is 2.57. The van der Waals surface area contributed by atoms with Gasteiger partial charge in [0.2, 0.25) is 0 Å². The molecule has 0 bridgehead atoms. The van der Waals surface area contributed by atoms with Gasteiger partial charge in [-0.15, -0.1) is 12.4 Å². The highest BCUT2D eigenvalue weighted by atomic mass is 35.5. The predicted molar refractivity (Wildman–Crippen MR) is 91.6 cm³/mol. The number of pyridine rings is 2. The van der Waals surface area contributed by atoms with Crippen LogP contribution < -0.4 is 11.1 Å². The summed E-state index contributed by atoms with van der Waals surface area (Å²) in [6.45, 7) is 1.77. The number of piperidine rings is 1. The summed E-state index contributed by atoms with van der Waals surface area (Å²) >= 11 is 0. The van der Waals surface area contributed by atoms with Crippen molar-refractivity contribution < 1.29 is 10.2 Å². The van der Waals surface area contributed by atoms with Gasteiger partial charge in [-0.25, -0.2) is 4.98 Å². The number of nitrogens with zero attached hydrogens (tertiary/aromatic N) is 2. The Labute approximate surface area is 141 Å². The fraction of sp³-hybridized carbons (Fsp3) is 0.375. The monoisotopic (exact) mass is 336 g/mol. The molecule has 2 aromatic rings. The third-order valence-corrected chi connectivity index (χ3v) is 4.03. The van der Waals surface area contributed by atoms with E-state index in [1.54, 1.807) is 24.4 Å². The summed E-state index contributed by atoms with van der Waals surface area (Å²) in [6, 6.07) is 5.24. The van der Waals surface area contributed by atoms with Crippen molar-refractivity contribution in [1.82, 2.24) is 15.3 Å². The number of aromatic nitrogens is 2. The van der Waals surface area contributed by atoms with Crippen molar-refractivity contribution in [2.24, 2.45) is 0 Å². The van der Waals surface area contributed by atoms with Gasteiger partial charge in [-0.2, -0.15) is 0 Å². The molecule has 0 radical (unpaired) electrons. The molecule has 1 unspecified atom stereocenters. The molecule has 0 saturated carbocycles. The molecule has 7 heteroatoms. The van der Waals surface area contributed by atoms with E-state index in [-0.39, 0.29) is 30.7 Å². The number of aliphatic hydroxyl groups is 1. The van der Waals surface area contributed by atoms with Crippen LogP contribution in [-0.4, -0.2) is 33.3 Å². The Morgan fingerprint density at radius 3 is 2.78 bits per heavy atom. The third-order valence-electron chi connectivity index (χ3n) is 4.03. The lowest BCUT2D eigenvalue weighted by atomic mass is 9.90. The van der Waals surface area contributed by atoms with Crippen LogP contribution in [-0.2, 0) is 6.61 Å². The van der Waals surface area contributed by atoms with Crippen LogP contribution in [0.2, 0.25) is 0 Å². The van der Waals surface area contributed by atoms with Crippen molar-refractivity contribution >= 4 is 18.2 Å². The zero-order valence-electron chi connectivity index (χ0n) is 12.7. The quantitative estimate of drug-likeness (QED) is 0.681. The minimum Gasteiger partial charge on any atom is -0.505 e. The topological polar surface area (TPSA) is 104 Å². The average molecular weight is 337 g/mol. The van der Waals surface area contributed by atoms with Crippen LogP contribution in [0.15, 0.2) is 24.4 Å². The van der Waals surface area contributed by atoms with Gasteiger partial charge in [0.1, 0.15) is 17.3 Å². The summed E-state index contributed by atoms with van der Waals surface area (Å²) in [5, 5.41) is 23.0. The van der Waals surface area contributed by atoms with Crippen LogP contribution in [0, 0.1) is 0 Å². The van der Waals surface area contributed by atoms with Crippen LogP contribution in [0.3, 0.4) is 0 Å². The second kappa shape index (κ2) is 7.59. The molecule has 3 heterocycles. The van der Waals surface area contributed by atoms with Gasteiger partial charge in [-0.05, 0) is 37.1 Å². The predicted octanol–water partition coefficient (Wildman–Crippen LogP) is 1.81. The Morgan fingerprint density at radius 1 is 1.35 bits per heavy atom.